The van der Waals surface area contributed by atoms with E-state index in [0.717, 1.165) is 57.8 Å². The second-order valence-corrected chi connectivity index (χ2v) is 23.5. The topological polar surface area (TPSA) is 307 Å². The van der Waals surface area contributed by atoms with Gasteiger partial charge < -0.3 is 89.9 Å². The summed E-state index contributed by atoms with van der Waals surface area (Å²) in [6.45, 7) is 1.52. The molecule has 89 heavy (non-hydrogen) atoms. The molecule has 0 radical (unpaired) electrons. The predicted molar refractivity (Wildman–Crippen MR) is 346 cm³/mol. The van der Waals surface area contributed by atoms with Gasteiger partial charge in [0.25, 0.3) is 0 Å². The maximum absolute atomic E-state index is 13.3. The number of nitrogens with one attached hydrogen (secondary N) is 1. The lowest BCUT2D eigenvalue weighted by Gasteiger charge is -2.48. The lowest BCUT2D eigenvalue weighted by Crippen LogP contribution is -2.66. The summed E-state index contributed by atoms with van der Waals surface area (Å²) in [6, 6.07) is -1.05. The SMILES string of the molecule is CC/C=C\C/C=C\C/C=C\C/C=C\C/C=C\C/C=C\CCC(=O)NC(COC1OC(CO)C(OC2OC(CO)C(OC3OC(CO)C(O)C(O)C3O)C(O)C2O)C(O)C1O)C(O)/C=C/CC/C=C/CC/C=C/CCCCCCCCCCCCCCCCC. The molecule has 0 spiro atoms. The van der Waals surface area contributed by atoms with Crippen LogP contribution in [0.3, 0.4) is 0 Å². The van der Waals surface area contributed by atoms with E-state index >= 15 is 0 Å². The highest BCUT2D eigenvalue weighted by atomic mass is 16.8. The van der Waals surface area contributed by atoms with Gasteiger partial charge in [-0.3, -0.25) is 4.79 Å². The number of rotatable bonds is 49. The lowest BCUT2D eigenvalue weighted by molar-refractivity contribution is -0.379. The van der Waals surface area contributed by atoms with Gasteiger partial charge in [0.15, 0.2) is 18.9 Å². The molecule has 3 rings (SSSR count). The number of carbonyl (C=O) groups excluding carboxylic acids is 1. The fraction of sp³-hybridized carbons (Fsp3) is 0.729. The minimum absolute atomic E-state index is 0.100. The van der Waals surface area contributed by atoms with E-state index in [1.54, 1.807) is 6.08 Å². The molecule has 0 aromatic heterocycles. The van der Waals surface area contributed by atoms with Gasteiger partial charge in [-0.1, -0.05) is 213 Å². The van der Waals surface area contributed by atoms with Crippen LogP contribution in [0, 0.1) is 0 Å². The molecule has 0 bridgehead atoms. The van der Waals surface area contributed by atoms with E-state index in [-0.39, 0.29) is 12.3 Å². The first kappa shape index (κ1) is 79.7. The highest BCUT2D eigenvalue weighted by molar-refractivity contribution is 5.76. The number of unbranched alkanes of at least 4 members (excludes halogenated alkanes) is 17. The van der Waals surface area contributed by atoms with Crippen LogP contribution in [-0.4, -0.2) is 193 Å². The molecular weight excluding hydrogens is 1140 g/mol. The van der Waals surface area contributed by atoms with E-state index in [1.165, 1.54) is 96.3 Å². The number of hydrogen-bond acceptors (Lipinski definition) is 18. The summed E-state index contributed by atoms with van der Waals surface area (Å²) in [5.41, 5.74) is 0. The fourth-order valence-corrected chi connectivity index (χ4v) is 10.6. The number of ether oxygens (including phenoxy) is 6. The molecule has 0 saturated carbocycles. The molecule has 0 aliphatic carbocycles. The Morgan fingerprint density at radius 3 is 1.25 bits per heavy atom. The molecule has 1 amide bonds. The first-order valence-corrected chi connectivity index (χ1v) is 33.6. The van der Waals surface area contributed by atoms with Crippen LogP contribution in [0.25, 0.3) is 0 Å². The van der Waals surface area contributed by atoms with Crippen molar-refractivity contribution in [3.63, 3.8) is 0 Å². The molecule has 12 N–H and O–H groups in total. The third-order valence-corrected chi connectivity index (χ3v) is 16.0. The van der Waals surface area contributed by atoms with E-state index < -0.39 is 131 Å². The summed E-state index contributed by atoms with van der Waals surface area (Å²) in [5, 5.41) is 120. The molecule has 3 heterocycles. The second-order valence-electron chi connectivity index (χ2n) is 23.5. The van der Waals surface area contributed by atoms with Crippen molar-refractivity contribution in [1.82, 2.24) is 5.32 Å². The largest absolute Gasteiger partial charge is 0.394 e. The number of aliphatic hydroxyl groups is 11. The molecule has 0 aromatic carbocycles. The molecular formula is C70H117NO18. The van der Waals surface area contributed by atoms with Crippen molar-refractivity contribution in [2.24, 2.45) is 0 Å². The molecule has 3 aliphatic heterocycles. The van der Waals surface area contributed by atoms with E-state index in [2.05, 4.69) is 104 Å². The Morgan fingerprint density at radius 1 is 0.416 bits per heavy atom. The van der Waals surface area contributed by atoms with Gasteiger partial charge in [0.05, 0.1) is 38.6 Å². The van der Waals surface area contributed by atoms with Crippen molar-refractivity contribution in [3.05, 3.63) is 109 Å². The summed E-state index contributed by atoms with van der Waals surface area (Å²) in [4.78, 5) is 13.3. The van der Waals surface area contributed by atoms with Gasteiger partial charge in [0.1, 0.15) is 73.2 Å². The quantitative estimate of drug-likeness (QED) is 0.0201. The molecule has 17 atom stereocenters. The summed E-state index contributed by atoms with van der Waals surface area (Å²) in [6.07, 6.45) is 40.9. The maximum Gasteiger partial charge on any atom is 0.220 e. The van der Waals surface area contributed by atoms with Gasteiger partial charge in [-0.2, -0.15) is 0 Å². The van der Waals surface area contributed by atoms with E-state index in [1.807, 2.05) is 18.2 Å². The second kappa shape index (κ2) is 50.9. The third kappa shape index (κ3) is 33.2. The molecule has 3 saturated heterocycles. The summed E-state index contributed by atoms with van der Waals surface area (Å²) < 4.78 is 34.2. The Hall–Kier alpha value is -3.55. The van der Waals surface area contributed by atoms with Gasteiger partial charge in [-0.05, 0) is 83.5 Å². The van der Waals surface area contributed by atoms with Gasteiger partial charge in [-0.15, -0.1) is 0 Å². The van der Waals surface area contributed by atoms with Crippen LogP contribution in [0.5, 0.6) is 0 Å². The smallest absolute Gasteiger partial charge is 0.220 e. The zero-order valence-corrected chi connectivity index (χ0v) is 53.6. The zero-order chi connectivity index (χ0) is 64.7. The summed E-state index contributed by atoms with van der Waals surface area (Å²) in [5.74, 6) is -0.376. The Balaban J connectivity index is 1.50. The van der Waals surface area contributed by atoms with Crippen LogP contribution in [0.1, 0.15) is 194 Å². The fourth-order valence-electron chi connectivity index (χ4n) is 10.6. The van der Waals surface area contributed by atoms with Crippen LogP contribution in [0.15, 0.2) is 109 Å². The third-order valence-electron chi connectivity index (χ3n) is 16.0. The number of hydrogen-bond donors (Lipinski definition) is 12. The van der Waals surface area contributed by atoms with Crippen LogP contribution >= 0.6 is 0 Å². The number of carbonyl (C=O) groups is 1. The first-order chi connectivity index (χ1) is 43.3. The Kier molecular flexibility index (Phi) is 45.6. The number of aliphatic hydroxyl groups excluding tert-OH is 11. The highest BCUT2D eigenvalue weighted by Gasteiger charge is 2.53. The van der Waals surface area contributed by atoms with Crippen molar-refractivity contribution in [3.8, 4) is 0 Å². The molecule has 19 nitrogen and oxygen atoms in total. The standard InChI is InChI=1S/C70H117NO18/c1-3-5-7-9-11-13-15-17-19-21-23-24-25-26-27-28-30-31-33-35-37-39-41-43-45-47-54(75)53(71-58(76)48-46-44-42-40-38-36-34-32-29-22-20-18-16-14-12-10-8-6-4-2)52-84-68-64(82)61(79)66(56(50-73)86-68)89-70-65(83)62(80)67(57(51-74)87-70)88-69-63(81)60(78)59(77)55(49-72)85-69/h6,8,12,14,18,20,29-32,36-39,42,44-45,47,53-57,59-70,72-75,77-83H,3-5,7,9-11,13,15-17,19,21-28,33-35,40-41,43,46,48-52H2,1-2H3,(H,71,76)/b8-6-,14-12-,20-18-,31-30+,32-29-,38-36-,39-37+,44-42-,47-45+. The minimum atomic E-state index is -2.00. The Morgan fingerprint density at radius 2 is 0.787 bits per heavy atom. The van der Waals surface area contributed by atoms with Crippen LogP contribution in [0.4, 0.5) is 0 Å². The van der Waals surface area contributed by atoms with Crippen molar-refractivity contribution >= 4 is 5.91 Å². The monoisotopic (exact) mass is 1260 g/mol. The van der Waals surface area contributed by atoms with Crippen LogP contribution in [0.2, 0.25) is 0 Å². The average Bonchev–Trinajstić information content (AvgIpc) is 2.46. The van der Waals surface area contributed by atoms with Gasteiger partial charge >= 0.3 is 0 Å². The maximum atomic E-state index is 13.3. The van der Waals surface area contributed by atoms with Crippen LogP contribution < -0.4 is 5.32 Å². The minimum Gasteiger partial charge on any atom is -0.394 e. The van der Waals surface area contributed by atoms with Crippen molar-refractivity contribution in [2.45, 2.75) is 298 Å². The Bertz CT molecular complexity index is 2040. The lowest BCUT2D eigenvalue weighted by atomic mass is 9.96. The van der Waals surface area contributed by atoms with E-state index in [9.17, 15) is 61.0 Å². The van der Waals surface area contributed by atoms with Gasteiger partial charge in [0, 0.05) is 6.42 Å². The van der Waals surface area contributed by atoms with Gasteiger partial charge in [0.2, 0.25) is 5.91 Å². The normalized spacial score (nSPS) is 28.9. The van der Waals surface area contributed by atoms with E-state index in [4.69, 9.17) is 28.4 Å². The predicted octanol–water partition coefficient (Wildman–Crippen LogP) is 8.27. The molecule has 3 fully saturated rings. The van der Waals surface area contributed by atoms with Crippen molar-refractivity contribution in [1.29, 1.82) is 0 Å². The summed E-state index contributed by atoms with van der Waals surface area (Å²) in [7, 11) is 0. The van der Waals surface area contributed by atoms with Crippen molar-refractivity contribution < 1.29 is 89.4 Å². The first-order valence-electron chi connectivity index (χ1n) is 33.6. The number of allylic oxidation sites excluding steroid dienone is 17. The van der Waals surface area contributed by atoms with Gasteiger partial charge in [-0.25, -0.2) is 0 Å². The molecule has 19 heteroatoms. The highest BCUT2D eigenvalue weighted by Crippen LogP contribution is 2.33. The van der Waals surface area contributed by atoms with Crippen molar-refractivity contribution in [2.75, 3.05) is 26.4 Å². The average molecular weight is 1260 g/mol. The molecule has 3 aliphatic rings. The van der Waals surface area contributed by atoms with E-state index in [0.29, 0.717) is 19.3 Å². The summed E-state index contributed by atoms with van der Waals surface area (Å²) >= 11 is 0. The molecule has 510 valence electrons. The number of amides is 1. The Labute approximate surface area is 532 Å². The zero-order valence-electron chi connectivity index (χ0n) is 53.6. The molecule has 17 unspecified atom stereocenters. The van der Waals surface area contributed by atoms with Crippen LogP contribution in [-0.2, 0) is 33.2 Å². The molecule has 0 aromatic rings.